The largest absolute Gasteiger partial charge is 0.361 e. The lowest BCUT2D eigenvalue weighted by molar-refractivity contribution is -0.120. The van der Waals surface area contributed by atoms with Crippen LogP contribution in [0.2, 0.25) is 0 Å². The summed E-state index contributed by atoms with van der Waals surface area (Å²) in [6.07, 6.45) is 5.37. The number of Topliss-reactive ketones (excluding diaryl/α,β-unsaturated/α-hetero) is 1. The second-order valence-electron chi connectivity index (χ2n) is 6.04. The molecule has 1 N–H and O–H groups in total. The Kier molecular flexibility index (Phi) is 2.42. The van der Waals surface area contributed by atoms with Gasteiger partial charge in [-0.1, -0.05) is 18.2 Å². The highest BCUT2D eigenvalue weighted by Crippen LogP contribution is 2.40. The highest BCUT2D eigenvalue weighted by atomic mass is 16.1. The van der Waals surface area contributed by atoms with E-state index in [9.17, 15) is 4.79 Å². The standard InChI is InChI=1S/C17H18N2O/c1-10(20)12-6-14-13-4-3-5-15-17(13)11(8-18-15)7-16(14)19(2)9-12/h3-6,8,12,16,18H,7,9H2,1-2H3/t12-,16-/m1/s1. The number of likely N-dealkylation sites (N-methyl/N-ethyl adjacent to an activating group) is 1. The molecule has 3 heteroatoms. The Hall–Kier alpha value is -1.87. The molecule has 0 bridgehead atoms. The predicted molar refractivity (Wildman–Crippen MR) is 80.6 cm³/mol. The average Bonchev–Trinajstić information content (AvgIpc) is 2.84. The molecular formula is C17H18N2O. The van der Waals surface area contributed by atoms with E-state index in [1.54, 1.807) is 6.92 Å². The van der Waals surface area contributed by atoms with Gasteiger partial charge in [-0.15, -0.1) is 0 Å². The third-order valence-corrected chi connectivity index (χ3v) is 4.79. The van der Waals surface area contributed by atoms with Gasteiger partial charge in [0.1, 0.15) is 5.78 Å². The van der Waals surface area contributed by atoms with Crippen molar-refractivity contribution in [1.82, 2.24) is 9.88 Å². The molecule has 1 aliphatic heterocycles. The Bertz CT molecular complexity index is 741. The van der Waals surface area contributed by atoms with Crippen LogP contribution in [0, 0.1) is 5.92 Å². The maximum atomic E-state index is 11.8. The number of H-pyrrole nitrogens is 1. The van der Waals surface area contributed by atoms with E-state index in [1.165, 1.54) is 27.6 Å². The SMILES string of the molecule is CC(=O)[C@@H]1C=C2c3cccc4[nH]cc(c34)C[C@H]2N(C)C1. The molecule has 0 fully saturated rings. The third-order valence-electron chi connectivity index (χ3n) is 4.79. The number of carbonyl (C=O) groups is 1. The molecule has 0 radical (unpaired) electrons. The monoisotopic (exact) mass is 266 g/mol. The number of carbonyl (C=O) groups excluding carboxylic acids is 1. The molecule has 1 aromatic carbocycles. The van der Waals surface area contributed by atoms with Crippen LogP contribution in [-0.4, -0.2) is 35.3 Å². The topological polar surface area (TPSA) is 36.1 Å². The first-order valence-electron chi connectivity index (χ1n) is 7.17. The quantitative estimate of drug-likeness (QED) is 0.861. The van der Waals surface area contributed by atoms with Crippen molar-refractivity contribution in [1.29, 1.82) is 0 Å². The molecule has 102 valence electrons. The first-order chi connectivity index (χ1) is 9.65. The number of hydrogen-bond acceptors (Lipinski definition) is 2. The Balaban J connectivity index is 1.96. The molecule has 2 atom stereocenters. The van der Waals surface area contributed by atoms with Crippen molar-refractivity contribution in [3.63, 3.8) is 0 Å². The number of hydrogen-bond donors (Lipinski definition) is 1. The van der Waals surface area contributed by atoms with Crippen LogP contribution in [-0.2, 0) is 11.2 Å². The summed E-state index contributed by atoms with van der Waals surface area (Å²) in [6, 6.07) is 6.81. The van der Waals surface area contributed by atoms with Crippen LogP contribution in [0.15, 0.2) is 30.5 Å². The second-order valence-corrected chi connectivity index (χ2v) is 6.04. The van der Waals surface area contributed by atoms with Gasteiger partial charge < -0.3 is 4.98 Å². The molecule has 2 aromatic rings. The number of ketones is 1. The molecule has 0 amide bonds. The Morgan fingerprint density at radius 3 is 3.05 bits per heavy atom. The van der Waals surface area contributed by atoms with E-state index in [-0.39, 0.29) is 11.7 Å². The normalized spacial score (nSPS) is 25.4. The summed E-state index contributed by atoms with van der Waals surface area (Å²) in [5.41, 5.74) is 5.22. The first-order valence-corrected chi connectivity index (χ1v) is 7.17. The summed E-state index contributed by atoms with van der Waals surface area (Å²) in [4.78, 5) is 17.5. The number of benzene rings is 1. The molecule has 2 aliphatic rings. The molecular weight excluding hydrogens is 248 g/mol. The van der Waals surface area contributed by atoms with Crippen LogP contribution in [0.4, 0.5) is 0 Å². The van der Waals surface area contributed by atoms with E-state index < -0.39 is 0 Å². The van der Waals surface area contributed by atoms with Gasteiger partial charge >= 0.3 is 0 Å². The fraction of sp³-hybridized carbons (Fsp3) is 0.353. The van der Waals surface area contributed by atoms with Gasteiger partial charge in [-0.25, -0.2) is 0 Å². The van der Waals surface area contributed by atoms with Crippen molar-refractivity contribution < 1.29 is 4.79 Å². The zero-order valence-electron chi connectivity index (χ0n) is 11.8. The van der Waals surface area contributed by atoms with E-state index in [0.29, 0.717) is 6.04 Å². The van der Waals surface area contributed by atoms with Gasteiger partial charge in [0.05, 0.1) is 0 Å². The number of nitrogens with one attached hydrogen (secondary N) is 1. The molecule has 1 aliphatic carbocycles. The number of aromatic amines is 1. The van der Waals surface area contributed by atoms with Gasteiger partial charge in [0.2, 0.25) is 0 Å². The van der Waals surface area contributed by atoms with Crippen molar-refractivity contribution in [2.75, 3.05) is 13.6 Å². The summed E-state index contributed by atoms with van der Waals surface area (Å²) >= 11 is 0. The van der Waals surface area contributed by atoms with Crippen LogP contribution >= 0.6 is 0 Å². The van der Waals surface area contributed by atoms with Gasteiger partial charge in [0, 0.05) is 35.6 Å². The highest BCUT2D eigenvalue weighted by Gasteiger charge is 2.34. The van der Waals surface area contributed by atoms with Crippen molar-refractivity contribution in [2.24, 2.45) is 5.92 Å². The molecule has 1 aromatic heterocycles. The summed E-state index contributed by atoms with van der Waals surface area (Å²) in [5, 5.41) is 1.34. The van der Waals surface area contributed by atoms with Crippen LogP contribution < -0.4 is 0 Å². The van der Waals surface area contributed by atoms with Crippen molar-refractivity contribution in [3.8, 4) is 0 Å². The fourth-order valence-corrected chi connectivity index (χ4v) is 3.70. The number of rotatable bonds is 1. The summed E-state index contributed by atoms with van der Waals surface area (Å²) in [7, 11) is 2.13. The predicted octanol–water partition coefficient (Wildman–Crippen LogP) is 2.63. The molecule has 2 heterocycles. The molecule has 3 nitrogen and oxygen atoms in total. The summed E-state index contributed by atoms with van der Waals surface area (Å²) in [5.74, 6) is 0.289. The third kappa shape index (κ3) is 1.53. The van der Waals surface area contributed by atoms with Crippen LogP contribution in [0.5, 0.6) is 0 Å². The number of aromatic nitrogens is 1. The summed E-state index contributed by atoms with van der Waals surface area (Å²) < 4.78 is 0. The molecule has 0 saturated heterocycles. The van der Waals surface area contributed by atoms with Crippen LogP contribution in [0.1, 0.15) is 18.1 Å². The fourth-order valence-electron chi connectivity index (χ4n) is 3.70. The maximum Gasteiger partial charge on any atom is 0.137 e. The summed E-state index contributed by atoms with van der Waals surface area (Å²) in [6.45, 7) is 2.53. The van der Waals surface area contributed by atoms with E-state index in [1.807, 2.05) is 0 Å². The molecule has 0 spiro atoms. The highest BCUT2D eigenvalue weighted by molar-refractivity contribution is 5.99. The van der Waals surface area contributed by atoms with Gasteiger partial charge in [0.15, 0.2) is 0 Å². The van der Waals surface area contributed by atoms with E-state index in [2.05, 4.69) is 47.4 Å². The maximum absolute atomic E-state index is 11.8. The molecule has 0 saturated carbocycles. The van der Waals surface area contributed by atoms with Crippen molar-refractivity contribution in [3.05, 3.63) is 41.6 Å². The Morgan fingerprint density at radius 1 is 1.40 bits per heavy atom. The lowest BCUT2D eigenvalue weighted by Gasteiger charge is -2.39. The smallest absolute Gasteiger partial charge is 0.137 e. The van der Waals surface area contributed by atoms with Crippen LogP contribution in [0.25, 0.3) is 16.5 Å². The minimum atomic E-state index is 0.0296. The van der Waals surface area contributed by atoms with Gasteiger partial charge in [-0.05, 0) is 43.2 Å². The average molecular weight is 266 g/mol. The van der Waals surface area contributed by atoms with Gasteiger partial charge in [-0.3, -0.25) is 9.69 Å². The van der Waals surface area contributed by atoms with E-state index >= 15 is 0 Å². The minimum absolute atomic E-state index is 0.0296. The van der Waals surface area contributed by atoms with Crippen LogP contribution in [0.3, 0.4) is 0 Å². The zero-order valence-corrected chi connectivity index (χ0v) is 11.8. The van der Waals surface area contributed by atoms with Crippen molar-refractivity contribution in [2.45, 2.75) is 19.4 Å². The second kappa shape index (κ2) is 4.06. The molecule has 20 heavy (non-hydrogen) atoms. The number of fused-ring (bicyclic) bond motifs is 2. The van der Waals surface area contributed by atoms with Crippen molar-refractivity contribution >= 4 is 22.3 Å². The van der Waals surface area contributed by atoms with Gasteiger partial charge in [-0.2, -0.15) is 0 Å². The van der Waals surface area contributed by atoms with Gasteiger partial charge in [0.25, 0.3) is 0 Å². The minimum Gasteiger partial charge on any atom is -0.361 e. The lowest BCUT2D eigenvalue weighted by atomic mass is 9.79. The molecule has 4 rings (SSSR count). The molecule has 0 unspecified atom stereocenters. The Labute approximate surface area is 118 Å². The lowest BCUT2D eigenvalue weighted by Crippen LogP contribution is -2.43. The Morgan fingerprint density at radius 2 is 2.25 bits per heavy atom. The number of nitrogens with zero attached hydrogens (tertiary/aromatic N) is 1. The first kappa shape index (κ1) is 11.9. The van der Waals surface area contributed by atoms with E-state index in [0.717, 1.165) is 13.0 Å². The zero-order chi connectivity index (χ0) is 13.9. The van der Waals surface area contributed by atoms with E-state index in [4.69, 9.17) is 0 Å².